The van der Waals surface area contributed by atoms with Crippen LogP contribution in [0.1, 0.15) is 18.6 Å². The van der Waals surface area contributed by atoms with E-state index in [9.17, 15) is 8.42 Å². The SMILES string of the molecule is COc1ccc(N(C2CCN(Cc3ccco3)CC2)S(=O)(=O)c2ccccc2)cc1OC. The van der Waals surface area contributed by atoms with Gasteiger partial charge in [-0.05, 0) is 49.2 Å². The quantitative estimate of drug-likeness (QED) is 0.507. The van der Waals surface area contributed by atoms with Crippen molar-refractivity contribution in [2.24, 2.45) is 0 Å². The van der Waals surface area contributed by atoms with Crippen LogP contribution < -0.4 is 13.8 Å². The molecule has 0 amide bonds. The highest BCUT2D eigenvalue weighted by molar-refractivity contribution is 7.92. The standard InChI is InChI=1S/C24H28N2O5S/c1-29-23-11-10-20(17-24(23)30-2)26(32(27,28)22-8-4-3-5-9-22)19-12-14-25(15-13-19)18-21-7-6-16-31-21/h3-11,16-17,19H,12-15,18H2,1-2H3. The first-order valence-corrected chi connectivity index (χ1v) is 12.0. The van der Waals surface area contributed by atoms with Gasteiger partial charge in [0.25, 0.3) is 10.0 Å². The van der Waals surface area contributed by atoms with Crippen LogP contribution in [0.5, 0.6) is 11.5 Å². The fourth-order valence-corrected chi connectivity index (χ4v) is 5.87. The van der Waals surface area contributed by atoms with Gasteiger partial charge in [-0.15, -0.1) is 0 Å². The summed E-state index contributed by atoms with van der Waals surface area (Å²) in [7, 11) is -0.659. The number of methoxy groups -OCH3 is 2. The second-order valence-electron chi connectivity index (χ2n) is 7.74. The first-order valence-electron chi connectivity index (χ1n) is 10.6. The zero-order valence-corrected chi connectivity index (χ0v) is 19.1. The number of nitrogens with zero attached hydrogens (tertiary/aromatic N) is 2. The molecular weight excluding hydrogens is 428 g/mol. The van der Waals surface area contributed by atoms with E-state index in [1.165, 1.54) is 0 Å². The van der Waals surface area contributed by atoms with E-state index in [2.05, 4.69) is 4.90 Å². The fraction of sp³-hybridized carbons (Fsp3) is 0.333. The van der Waals surface area contributed by atoms with Crippen LogP contribution in [-0.4, -0.2) is 46.7 Å². The summed E-state index contributed by atoms with van der Waals surface area (Å²) in [5.74, 6) is 1.96. The van der Waals surface area contributed by atoms with E-state index in [4.69, 9.17) is 13.9 Å². The molecule has 3 aromatic rings. The summed E-state index contributed by atoms with van der Waals surface area (Å²) in [5, 5.41) is 0. The number of anilines is 1. The third-order valence-electron chi connectivity index (χ3n) is 5.77. The lowest BCUT2D eigenvalue weighted by Gasteiger charge is -2.38. The van der Waals surface area contributed by atoms with Crippen molar-refractivity contribution in [3.63, 3.8) is 0 Å². The monoisotopic (exact) mass is 456 g/mol. The zero-order chi connectivity index (χ0) is 22.6. The number of rotatable bonds is 8. The van der Waals surface area contributed by atoms with Gasteiger partial charge in [0, 0.05) is 25.2 Å². The lowest BCUT2D eigenvalue weighted by molar-refractivity contribution is 0.193. The molecule has 0 atom stereocenters. The van der Waals surface area contributed by atoms with Crippen LogP contribution in [0.2, 0.25) is 0 Å². The lowest BCUT2D eigenvalue weighted by atomic mass is 10.0. The Morgan fingerprint density at radius 3 is 2.31 bits per heavy atom. The molecule has 0 bridgehead atoms. The van der Waals surface area contributed by atoms with Crippen molar-refractivity contribution in [2.45, 2.75) is 30.3 Å². The molecule has 0 saturated carbocycles. The van der Waals surface area contributed by atoms with Gasteiger partial charge in [-0.1, -0.05) is 18.2 Å². The van der Waals surface area contributed by atoms with Gasteiger partial charge in [-0.3, -0.25) is 9.21 Å². The third kappa shape index (κ3) is 4.61. The Hall–Kier alpha value is -2.97. The topological polar surface area (TPSA) is 72.2 Å². The van der Waals surface area contributed by atoms with Crippen LogP contribution in [0.15, 0.2) is 76.2 Å². The largest absolute Gasteiger partial charge is 0.493 e. The number of sulfonamides is 1. The maximum absolute atomic E-state index is 13.7. The van der Waals surface area contributed by atoms with E-state index in [1.807, 2.05) is 18.2 Å². The van der Waals surface area contributed by atoms with Crippen LogP contribution in [0.25, 0.3) is 0 Å². The molecule has 1 aliphatic rings. The number of ether oxygens (including phenoxy) is 2. The summed E-state index contributed by atoms with van der Waals surface area (Å²) in [6.45, 7) is 2.28. The first-order chi connectivity index (χ1) is 15.5. The number of hydrogen-bond donors (Lipinski definition) is 0. The highest BCUT2D eigenvalue weighted by atomic mass is 32.2. The van der Waals surface area contributed by atoms with Gasteiger partial charge in [0.05, 0.1) is 37.6 Å². The molecule has 32 heavy (non-hydrogen) atoms. The molecule has 0 radical (unpaired) electrons. The molecular formula is C24H28N2O5S. The minimum Gasteiger partial charge on any atom is -0.493 e. The van der Waals surface area contributed by atoms with Gasteiger partial charge >= 0.3 is 0 Å². The second-order valence-corrected chi connectivity index (χ2v) is 9.55. The molecule has 2 heterocycles. The van der Waals surface area contributed by atoms with Crippen molar-refractivity contribution in [2.75, 3.05) is 31.6 Å². The summed E-state index contributed by atoms with van der Waals surface area (Å²) in [6, 6.07) is 17.5. The molecule has 7 nitrogen and oxygen atoms in total. The van der Waals surface area contributed by atoms with Gasteiger partial charge in [0.15, 0.2) is 11.5 Å². The maximum atomic E-state index is 13.7. The lowest BCUT2D eigenvalue weighted by Crippen LogP contribution is -2.47. The summed E-state index contributed by atoms with van der Waals surface area (Å²) in [5.41, 5.74) is 0.566. The molecule has 0 aliphatic carbocycles. The maximum Gasteiger partial charge on any atom is 0.264 e. The van der Waals surface area contributed by atoms with E-state index in [0.717, 1.165) is 25.4 Å². The molecule has 0 N–H and O–H groups in total. The van der Waals surface area contributed by atoms with E-state index in [0.29, 0.717) is 30.0 Å². The molecule has 1 aromatic heterocycles. The van der Waals surface area contributed by atoms with E-state index in [-0.39, 0.29) is 10.9 Å². The smallest absolute Gasteiger partial charge is 0.264 e. The van der Waals surface area contributed by atoms with Crippen molar-refractivity contribution in [3.05, 3.63) is 72.7 Å². The Morgan fingerprint density at radius 2 is 1.69 bits per heavy atom. The predicted octanol–water partition coefficient (Wildman–Crippen LogP) is 4.16. The number of likely N-dealkylation sites (tertiary alicyclic amines) is 1. The van der Waals surface area contributed by atoms with Gasteiger partial charge in [-0.25, -0.2) is 8.42 Å². The van der Waals surface area contributed by atoms with E-state index >= 15 is 0 Å². The molecule has 1 fully saturated rings. The number of benzene rings is 2. The Morgan fingerprint density at radius 1 is 0.969 bits per heavy atom. The van der Waals surface area contributed by atoms with Gasteiger partial charge < -0.3 is 13.9 Å². The summed E-state index contributed by atoms with van der Waals surface area (Å²) in [6.07, 6.45) is 3.09. The van der Waals surface area contributed by atoms with E-state index < -0.39 is 10.0 Å². The first kappa shape index (κ1) is 22.2. The molecule has 8 heteroatoms. The summed E-state index contributed by atoms with van der Waals surface area (Å²) >= 11 is 0. The molecule has 1 aliphatic heterocycles. The Bertz CT molecular complexity index is 1110. The van der Waals surface area contributed by atoms with Crippen molar-refractivity contribution >= 4 is 15.7 Å². The van der Waals surface area contributed by atoms with Crippen molar-refractivity contribution in [1.82, 2.24) is 4.90 Å². The van der Waals surface area contributed by atoms with Crippen LogP contribution >= 0.6 is 0 Å². The highest BCUT2D eigenvalue weighted by Gasteiger charge is 2.34. The predicted molar refractivity (Wildman–Crippen MR) is 123 cm³/mol. The number of piperidine rings is 1. The Kier molecular flexibility index (Phi) is 6.72. The van der Waals surface area contributed by atoms with Crippen molar-refractivity contribution in [3.8, 4) is 11.5 Å². The molecule has 170 valence electrons. The minimum absolute atomic E-state index is 0.175. The third-order valence-corrected chi connectivity index (χ3v) is 7.66. The molecule has 0 unspecified atom stereocenters. The van der Waals surface area contributed by atoms with E-state index in [1.54, 1.807) is 67.3 Å². The normalized spacial score (nSPS) is 15.4. The number of furan rings is 1. The molecule has 4 rings (SSSR count). The minimum atomic E-state index is -3.77. The Balaban J connectivity index is 1.64. The van der Waals surface area contributed by atoms with Crippen molar-refractivity contribution < 1.29 is 22.3 Å². The second kappa shape index (κ2) is 9.67. The van der Waals surface area contributed by atoms with Gasteiger partial charge in [0.2, 0.25) is 0 Å². The average molecular weight is 457 g/mol. The van der Waals surface area contributed by atoms with Crippen molar-refractivity contribution in [1.29, 1.82) is 0 Å². The number of hydrogen-bond acceptors (Lipinski definition) is 6. The average Bonchev–Trinajstić information content (AvgIpc) is 3.34. The van der Waals surface area contributed by atoms with Crippen LogP contribution in [-0.2, 0) is 16.6 Å². The molecule has 1 saturated heterocycles. The van der Waals surface area contributed by atoms with Crippen LogP contribution in [0, 0.1) is 0 Å². The fourth-order valence-electron chi connectivity index (χ4n) is 4.15. The van der Waals surface area contributed by atoms with Crippen LogP contribution in [0.3, 0.4) is 0 Å². The summed E-state index contributed by atoms with van der Waals surface area (Å²) < 4.78 is 45.3. The van der Waals surface area contributed by atoms with Gasteiger partial charge in [0.1, 0.15) is 5.76 Å². The summed E-state index contributed by atoms with van der Waals surface area (Å²) in [4.78, 5) is 2.56. The highest BCUT2D eigenvalue weighted by Crippen LogP contribution is 2.36. The molecule has 0 spiro atoms. The van der Waals surface area contributed by atoms with Crippen LogP contribution in [0.4, 0.5) is 5.69 Å². The Labute approximate surface area is 189 Å². The van der Waals surface area contributed by atoms with Gasteiger partial charge in [-0.2, -0.15) is 0 Å². The molecule has 2 aromatic carbocycles. The zero-order valence-electron chi connectivity index (χ0n) is 18.3.